The van der Waals surface area contributed by atoms with Gasteiger partial charge in [-0.1, -0.05) is 0 Å². The number of fused-ring (bicyclic) bond motifs is 3. The molecule has 0 saturated heterocycles. The monoisotopic (exact) mass is 363 g/mol. The molecule has 2 N–H and O–H groups in total. The Balaban J connectivity index is 2.16. The minimum absolute atomic E-state index is 0.306. The summed E-state index contributed by atoms with van der Waals surface area (Å²) >= 11 is 0. The topological polar surface area (TPSA) is 80.3 Å². The van der Waals surface area contributed by atoms with E-state index >= 15 is 0 Å². The number of hydrogen-bond donors (Lipinski definition) is 2. The fraction of sp³-hybridized carbons (Fsp3) is 0.238. The Morgan fingerprint density at radius 3 is 2.07 bits per heavy atom. The number of nitrogens with one attached hydrogen (secondary N) is 1. The molecule has 0 saturated carbocycles. The Hall–Kier alpha value is -3.28. The van der Waals surface area contributed by atoms with Gasteiger partial charge in [-0.25, -0.2) is 4.98 Å². The Labute approximate surface area is 156 Å². The summed E-state index contributed by atoms with van der Waals surface area (Å²) in [7, 11) is 3.24. The number of aromatic amines is 1. The zero-order valence-electron chi connectivity index (χ0n) is 16.0. The number of H-pyrrole nitrogens is 1. The van der Waals surface area contributed by atoms with Gasteiger partial charge in [0.1, 0.15) is 5.75 Å². The van der Waals surface area contributed by atoms with Crippen LogP contribution in [-0.4, -0.2) is 34.5 Å². The van der Waals surface area contributed by atoms with E-state index in [1.165, 1.54) is 0 Å². The van der Waals surface area contributed by atoms with Crippen LogP contribution < -0.4 is 9.47 Å². The maximum atomic E-state index is 10.1. The zero-order chi connectivity index (χ0) is 19.3. The van der Waals surface area contributed by atoms with Crippen molar-refractivity contribution >= 4 is 21.8 Å². The van der Waals surface area contributed by atoms with Crippen LogP contribution in [0.5, 0.6) is 17.2 Å². The molecule has 0 unspecified atom stereocenters. The quantitative estimate of drug-likeness (QED) is 0.563. The van der Waals surface area contributed by atoms with Gasteiger partial charge in [0.25, 0.3) is 0 Å². The summed E-state index contributed by atoms with van der Waals surface area (Å²) in [5, 5.41) is 20.4. The molecule has 0 radical (unpaired) electrons. The summed E-state index contributed by atoms with van der Waals surface area (Å²) in [5.41, 5.74) is 4.93. The van der Waals surface area contributed by atoms with E-state index in [9.17, 15) is 5.11 Å². The van der Waals surface area contributed by atoms with Crippen molar-refractivity contribution in [3.8, 4) is 28.5 Å². The number of pyridine rings is 1. The second-order valence-corrected chi connectivity index (χ2v) is 6.70. The molecule has 27 heavy (non-hydrogen) atoms. The van der Waals surface area contributed by atoms with Crippen molar-refractivity contribution in [1.82, 2.24) is 15.2 Å². The van der Waals surface area contributed by atoms with Crippen LogP contribution in [0.15, 0.2) is 24.3 Å². The molecule has 6 heteroatoms. The molecule has 0 bridgehead atoms. The van der Waals surface area contributed by atoms with Gasteiger partial charge >= 0.3 is 0 Å². The maximum absolute atomic E-state index is 10.1. The number of phenols is 1. The van der Waals surface area contributed by atoms with Gasteiger partial charge < -0.3 is 14.6 Å². The van der Waals surface area contributed by atoms with Crippen LogP contribution in [0.3, 0.4) is 0 Å². The summed E-state index contributed by atoms with van der Waals surface area (Å²) in [6.07, 6.45) is 0. The van der Waals surface area contributed by atoms with Crippen LogP contribution in [0.25, 0.3) is 33.1 Å². The fourth-order valence-electron chi connectivity index (χ4n) is 3.59. The molecule has 2 heterocycles. The van der Waals surface area contributed by atoms with Gasteiger partial charge in [-0.3, -0.25) is 5.10 Å². The van der Waals surface area contributed by atoms with E-state index in [1.54, 1.807) is 14.2 Å². The van der Waals surface area contributed by atoms with Gasteiger partial charge in [-0.05, 0) is 56.2 Å². The molecule has 0 aliphatic heterocycles. The molecule has 2 aromatic heterocycles. The highest BCUT2D eigenvalue weighted by Gasteiger charge is 2.18. The molecule has 4 rings (SSSR count). The first-order chi connectivity index (χ1) is 12.9. The largest absolute Gasteiger partial charge is 0.507 e. The maximum Gasteiger partial charge on any atom is 0.161 e. The van der Waals surface area contributed by atoms with Crippen molar-refractivity contribution in [1.29, 1.82) is 0 Å². The lowest BCUT2D eigenvalue weighted by Gasteiger charge is -2.14. The lowest BCUT2D eigenvalue weighted by Crippen LogP contribution is -1.95. The molecule has 0 amide bonds. The predicted molar refractivity (Wildman–Crippen MR) is 106 cm³/mol. The highest BCUT2D eigenvalue weighted by Crippen LogP contribution is 2.40. The third-order valence-electron chi connectivity index (χ3n) is 4.96. The number of nitrogens with zero attached hydrogens (tertiary/aromatic N) is 2. The normalized spacial score (nSPS) is 11.3. The Kier molecular flexibility index (Phi) is 3.91. The van der Waals surface area contributed by atoms with E-state index < -0.39 is 0 Å². The summed E-state index contributed by atoms with van der Waals surface area (Å²) in [4.78, 5) is 4.84. The van der Waals surface area contributed by atoms with Gasteiger partial charge in [0.2, 0.25) is 0 Å². The van der Waals surface area contributed by atoms with Crippen LogP contribution in [-0.2, 0) is 0 Å². The van der Waals surface area contributed by atoms with Crippen LogP contribution >= 0.6 is 0 Å². The van der Waals surface area contributed by atoms with Crippen molar-refractivity contribution < 1.29 is 14.6 Å². The van der Waals surface area contributed by atoms with Crippen molar-refractivity contribution in [2.24, 2.45) is 0 Å². The van der Waals surface area contributed by atoms with Crippen molar-refractivity contribution in [3.63, 3.8) is 0 Å². The molecule has 0 atom stereocenters. The molecule has 0 aliphatic rings. The van der Waals surface area contributed by atoms with E-state index in [1.807, 2.05) is 45.0 Å². The number of aryl methyl sites for hydroxylation is 3. The van der Waals surface area contributed by atoms with Crippen LogP contribution in [0, 0.1) is 20.8 Å². The number of aromatic hydroxyl groups is 1. The fourth-order valence-corrected chi connectivity index (χ4v) is 3.59. The SMILES string of the molecule is COc1cc2c(-c3cc(C)c(O)c(C)c3)nc3[nH]nc(C)c3c2cc1OC. The van der Waals surface area contributed by atoms with E-state index in [2.05, 4.69) is 10.2 Å². The number of ether oxygens (including phenoxy) is 2. The smallest absolute Gasteiger partial charge is 0.161 e. The first-order valence-electron chi connectivity index (χ1n) is 8.65. The third kappa shape index (κ3) is 2.56. The predicted octanol–water partition coefficient (Wildman–Crippen LogP) is 4.43. The number of benzene rings is 2. The third-order valence-corrected chi connectivity index (χ3v) is 4.96. The second-order valence-electron chi connectivity index (χ2n) is 6.70. The van der Waals surface area contributed by atoms with Crippen molar-refractivity contribution in [2.75, 3.05) is 14.2 Å². The second kappa shape index (κ2) is 6.16. The lowest BCUT2D eigenvalue weighted by molar-refractivity contribution is 0.356. The first-order valence-corrected chi connectivity index (χ1v) is 8.65. The number of hydrogen-bond acceptors (Lipinski definition) is 5. The molecular weight excluding hydrogens is 342 g/mol. The summed E-state index contributed by atoms with van der Waals surface area (Å²) in [5.74, 6) is 1.60. The van der Waals surface area contributed by atoms with E-state index in [4.69, 9.17) is 14.5 Å². The first kappa shape index (κ1) is 17.1. The van der Waals surface area contributed by atoms with Crippen LogP contribution in [0.4, 0.5) is 0 Å². The minimum atomic E-state index is 0.306. The van der Waals surface area contributed by atoms with Gasteiger partial charge in [0, 0.05) is 21.7 Å². The van der Waals surface area contributed by atoms with Crippen LogP contribution in [0.2, 0.25) is 0 Å². The Bertz CT molecular complexity index is 1170. The lowest BCUT2D eigenvalue weighted by atomic mass is 9.97. The summed E-state index contributed by atoms with van der Waals surface area (Å²) < 4.78 is 11.0. The molecule has 138 valence electrons. The molecule has 4 aromatic rings. The van der Waals surface area contributed by atoms with E-state index in [0.717, 1.165) is 44.2 Å². The summed E-state index contributed by atoms with van der Waals surface area (Å²) in [6, 6.07) is 7.79. The molecule has 0 spiro atoms. The number of methoxy groups -OCH3 is 2. The van der Waals surface area contributed by atoms with Crippen molar-refractivity contribution in [2.45, 2.75) is 20.8 Å². The number of aromatic nitrogens is 3. The van der Waals surface area contributed by atoms with Gasteiger partial charge in [0.05, 0.1) is 25.6 Å². The Morgan fingerprint density at radius 1 is 0.889 bits per heavy atom. The average Bonchev–Trinajstić information content (AvgIpc) is 3.04. The number of phenolic OH excluding ortho intramolecular Hbond substituents is 1. The highest BCUT2D eigenvalue weighted by molar-refractivity contribution is 6.12. The molecular formula is C21H21N3O3. The highest BCUT2D eigenvalue weighted by atomic mass is 16.5. The summed E-state index contributed by atoms with van der Waals surface area (Å²) in [6.45, 7) is 5.72. The standard InChI is InChI=1S/C21H21N3O3/c1-10-6-13(7-11(2)20(10)25)19-15-9-17(27-5)16(26-4)8-14(15)18-12(3)23-24-21(18)22-19/h6-9,25H,1-5H3,(H,22,23,24). The number of rotatable bonds is 3. The van der Waals surface area contributed by atoms with Gasteiger partial charge in [-0.2, -0.15) is 5.10 Å². The van der Waals surface area contributed by atoms with Gasteiger partial charge in [0.15, 0.2) is 17.1 Å². The van der Waals surface area contributed by atoms with Gasteiger partial charge in [-0.15, -0.1) is 0 Å². The molecule has 0 aliphatic carbocycles. The molecule has 2 aromatic carbocycles. The molecule has 6 nitrogen and oxygen atoms in total. The zero-order valence-corrected chi connectivity index (χ0v) is 16.0. The van der Waals surface area contributed by atoms with Crippen molar-refractivity contribution in [3.05, 3.63) is 41.1 Å². The van der Waals surface area contributed by atoms with Crippen LogP contribution in [0.1, 0.15) is 16.8 Å². The Morgan fingerprint density at radius 2 is 1.48 bits per heavy atom. The van der Waals surface area contributed by atoms with E-state index in [0.29, 0.717) is 22.9 Å². The molecule has 0 fully saturated rings. The minimum Gasteiger partial charge on any atom is -0.507 e. The average molecular weight is 363 g/mol. The van der Waals surface area contributed by atoms with E-state index in [-0.39, 0.29) is 0 Å².